The lowest BCUT2D eigenvalue weighted by Gasteiger charge is -2.23. The number of ether oxygens (including phenoxy) is 1. The number of nitrogens with one attached hydrogen (secondary N) is 1. The normalized spacial score (nSPS) is 32.9. The molecule has 20 heavy (non-hydrogen) atoms. The van der Waals surface area contributed by atoms with Gasteiger partial charge in [-0.2, -0.15) is 0 Å². The third kappa shape index (κ3) is 2.32. The molecule has 0 aromatic carbocycles. The molecule has 0 spiro atoms. The highest BCUT2D eigenvalue weighted by molar-refractivity contribution is 14.1. The fourth-order valence-electron chi connectivity index (χ4n) is 1.88. The van der Waals surface area contributed by atoms with Crippen LogP contribution in [0, 0.1) is 0 Å². The molecule has 2 rings (SSSR count). The SMILES string of the molecule is [N-]=[N+]=N[C@]1(CI)O[C@@H](n2ccc(=O)[nH]c2=O)[C@H](F)[C@@H]1O. The van der Waals surface area contributed by atoms with Gasteiger partial charge in [-0.15, -0.1) is 0 Å². The van der Waals surface area contributed by atoms with E-state index in [1.165, 1.54) is 0 Å². The van der Waals surface area contributed by atoms with Crippen molar-refractivity contribution >= 4 is 22.6 Å². The Labute approximate surface area is 124 Å². The number of aromatic amines is 1. The van der Waals surface area contributed by atoms with Gasteiger partial charge in [-0.3, -0.25) is 14.3 Å². The van der Waals surface area contributed by atoms with Gasteiger partial charge in [-0.05, 0) is 5.53 Å². The molecule has 108 valence electrons. The van der Waals surface area contributed by atoms with Crippen LogP contribution in [0.1, 0.15) is 6.23 Å². The molecule has 1 saturated heterocycles. The Bertz CT molecular complexity index is 671. The summed E-state index contributed by atoms with van der Waals surface area (Å²) >= 11 is 1.77. The van der Waals surface area contributed by atoms with Gasteiger partial charge in [0, 0.05) is 21.6 Å². The second-order valence-electron chi connectivity index (χ2n) is 4.08. The monoisotopic (exact) mass is 397 g/mol. The number of alkyl halides is 2. The fraction of sp³-hybridized carbons (Fsp3) is 0.556. The summed E-state index contributed by atoms with van der Waals surface area (Å²) in [6.45, 7) is 0. The van der Waals surface area contributed by atoms with Crippen LogP contribution in [-0.2, 0) is 4.74 Å². The highest BCUT2D eigenvalue weighted by Crippen LogP contribution is 2.40. The molecule has 0 unspecified atom stereocenters. The number of azide groups is 1. The first-order valence-corrected chi connectivity index (χ1v) is 6.91. The first-order valence-electron chi connectivity index (χ1n) is 5.39. The number of aromatic nitrogens is 2. The molecule has 1 aliphatic rings. The largest absolute Gasteiger partial charge is 0.387 e. The minimum absolute atomic E-state index is 0.00892. The van der Waals surface area contributed by atoms with Crippen molar-refractivity contribution in [3.63, 3.8) is 0 Å². The van der Waals surface area contributed by atoms with Crippen LogP contribution in [0.5, 0.6) is 0 Å². The van der Waals surface area contributed by atoms with Crippen molar-refractivity contribution in [2.75, 3.05) is 4.43 Å². The number of nitrogens with zero attached hydrogens (tertiary/aromatic N) is 4. The Morgan fingerprint density at radius 1 is 1.70 bits per heavy atom. The Morgan fingerprint density at radius 2 is 2.40 bits per heavy atom. The van der Waals surface area contributed by atoms with Crippen LogP contribution < -0.4 is 11.2 Å². The van der Waals surface area contributed by atoms with E-state index in [4.69, 9.17) is 10.3 Å². The van der Waals surface area contributed by atoms with Gasteiger partial charge in [0.1, 0.15) is 6.10 Å². The number of aliphatic hydroxyl groups is 1. The van der Waals surface area contributed by atoms with E-state index in [0.717, 1.165) is 16.8 Å². The summed E-state index contributed by atoms with van der Waals surface area (Å²) in [6, 6.07) is 1.02. The lowest BCUT2D eigenvalue weighted by molar-refractivity contribution is -0.0834. The summed E-state index contributed by atoms with van der Waals surface area (Å²) in [5.74, 6) is 0. The van der Waals surface area contributed by atoms with Crippen LogP contribution in [0.15, 0.2) is 27.0 Å². The molecule has 0 saturated carbocycles. The number of hydrogen-bond donors (Lipinski definition) is 2. The highest BCUT2D eigenvalue weighted by Gasteiger charge is 2.55. The number of aliphatic hydroxyl groups excluding tert-OH is 1. The topological polar surface area (TPSA) is 133 Å². The highest BCUT2D eigenvalue weighted by atomic mass is 127. The summed E-state index contributed by atoms with van der Waals surface area (Å²) in [4.78, 5) is 27.1. The number of hydrogen-bond acceptors (Lipinski definition) is 5. The lowest BCUT2D eigenvalue weighted by atomic mass is 10.1. The van der Waals surface area contributed by atoms with Gasteiger partial charge in [-0.1, -0.05) is 27.7 Å². The Balaban J connectivity index is 2.47. The van der Waals surface area contributed by atoms with E-state index in [-0.39, 0.29) is 4.43 Å². The van der Waals surface area contributed by atoms with Gasteiger partial charge in [0.25, 0.3) is 5.56 Å². The van der Waals surface area contributed by atoms with Gasteiger partial charge in [0.15, 0.2) is 18.1 Å². The molecular formula is C9H9FIN5O4. The Kier molecular flexibility index (Phi) is 4.13. The standard InChI is InChI=1S/C9H9FIN5O4/c10-5-6(18)9(3-11,14-15-12)20-7(5)16-2-1-4(17)13-8(16)19/h1-2,5-7,18H,3H2,(H,13,17,19)/t5-,6+,7-,9-/m1/s1. The van der Waals surface area contributed by atoms with E-state index in [1.54, 1.807) is 22.6 Å². The third-order valence-electron chi connectivity index (χ3n) is 2.89. The summed E-state index contributed by atoms with van der Waals surface area (Å²) in [7, 11) is 0. The molecule has 1 fully saturated rings. The average molecular weight is 397 g/mol. The van der Waals surface area contributed by atoms with Gasteiger partial charge >= 0.3 is 5.69 Å². The van der Waals surface area contributed by atoms with Crippen molar-refractivity contribution in [3.05, 3.63) is 43.5 Å². The lowest BCUT2D eigenvalue weighted by Crippen LogP contribution is -2.41. The third-order valence-corrected chi connectivity index (χ3v) is 3.98. The molecule has 1 aliphatic heterocycles. The molecular weight excluding hydrogens is 388 g/mol. The maximum atomic E-state index is 14.1. The van der Waals surface area contributed by atoms with Gasteiger partial charge < -0.3 is 9.84 Å². The maximum absolute atomic E-state index is 14.1. The zero-order chi connectivity index (χ0) is 14.9. The van der Waals surface area contributed by atoms with Gasteiger partial charge in [-0.25, -0.2) is 9.18 Å². The van der Waals surface area contributed by atoms with Crippen molar-refractivity contribution in [2.24, 2.45) is 5.11 Å². The molecule has 0 amide bonds. The summed E-state index contributed by atoms with van der Waals surface area (Å²) in [6.07, 6.45) is -4.16. The van der Waals surface area contributed by atoms with E-state index >= 15 is 0 Å². The molecule has 1 aromatic rings. The van der Waals surface area contributed by atoms with E-state index in [1.807, 2.05) is 4.98 Å². The van der Waals surface area contributed by atoms with Gasteiger partial charge in [0.2, 0.25) is 0 Å². The molecule has 1 aromatic heterocycles. The average Bonchev–Trinajstić information content (AvgIpc) is 2.65. The van der Waals surface area contributed by atoms with Crippen molar-refractivity contribution < 1.29 is 14.2 Å². The second-order valence-corrected chi connectivity index (χ2v) is 4.85. The van der Waals surface area contributed by atoms with E-state index in [9.17, 15) is 19.1 Å². The number of H-pyrrole nitrogens is 1. The van der Waals surface area contributed by atoms with Crippen molar-refractivity contribution in [2.45, 2.75) is 24.2 Å². The van der Waals surface area contributed by atoms with Crippen LogP contribution >= 0.6 is 22.6 Å². The number of rotatable bonds is 3. The second kappa shape index (κ2) is 5.52. The zero-order valence-corrected chi connectivity index (χ0v) is 12.0. The van der Waals surface area contributed by atoms with Gasteiger partial charge in [0.05, 0.1) is 0 Å². The number of halogens is 2. The minimum Gasteiger partial charge on any atom is -0.387 e. The first-order chi connectivity index (χ1) is 9.45. The quantitative estimate of drug-likeness (QED) is 0.248. The van der Waals surface area contributed by atoms with Crippen LogP contribution in [0.4, 0.5) is 4.39 Å². The molecule has 2 heterocycles. The summed E-state index contributed by atoms with van der Waals surface area (Å²) in [5.41, 5.74) is 5.17. The van der Waals surface area contributed by atoms with E-state index in [0.29, 0.717) is 0 Å². The van der Waals surface area contributed by atoms with E-state index in [2.05, 4.69) is 10.0 Å². The molecule has 0 aliphatic carbocycles. The fourth-order valence-corrected chi connectivity index (χ4v) is 2.67. The molecule has 0 bridgehead atoms. The van der Waals surface area contributed by atoms with Crippen LogP contribution in [-0.4, -0.2) is 37.1 Å². The van der Waals surface area contributed by atoms with Crippen LogP contribution in [0.25, 0.3) is 10.4 Å². The molecule has 11 heteroatoms. The predicted octanol–water partition coefficient (Wildman–Crippen LogP) is 0.206. The van der Waals surface area contributed by atoms with Crippen molar-refractivity contribution in [1.82, 2.24) is 9.55 Å². The molecule has 0 radical (unpaired) electrons. The smallest absolute Gasteiger partial charge is 0.330 e. The molecule has 2 N–H and O–H groups in total. The predicted molar refractivity (Wildman–Crippen MR) is 73.1 cm³/mol. The molecule has 9 nitrogen and oxygen atoms in total. The minimum atomic E-state index is -1.99. The summed E-state index contributed by atoms with van der Waals surface area (Å²) < 4.78 is 20.2. The van der Waals surface area contributed by atoms with Crippen molar-refractivity contribution in [1.29, 1.82) is 0 Å². The van der Waals surface area contributed by atoms with Crippen LogP contribution in [0.3, 0.4) is 0 Å². The Morgan fingerprint density at radius 3 is 2.95 bits per heavy atom. The van der Waals surface area contributed by atoms with Crippen molar-refractivity contribution in [3.8, 4) is 0 Å². The summed E-state index contributed by atoms with van der Waals surface area (Å²) in [5, 5.41) is 13.2. The van der Waals surface area contributed by atoms with E-state index < -0.39 is 35.5 Å². The molecule has 4 atom stereocenters. The zero-order valence-electron chi connectivity index (χ0n) is 9.81. The Hall–Kier alpha value is -1.43. The maximum Gasteiger partial charge on any atom is 0.330 e. The van der Waals surface area contributed by atoms with Crippen LogP contribution in [0.2, 0.25) is 0 Å². The first kappa shape index (κ1) is 15.0.